The summed E-state index contributed by atoms with van der Waals surface area (Å²) in [5.41, 5.74) is 0.378. The Kier molecular flexibility index (Phi) is 4.90. The third kappa shape index (κ3) is 4.22. The van der Waals surface area contributed by atoms with Crippen molar-refractivity contribution >= 4 is 21.9 Å². The first-order valence-electron chi connectivity index (χ1n) is 5.74. The lowest BCUT2D eigenvalue weighted by atomic mass is 10.2. The molecule has 0 atom stereocenters. The summed E-state index contributed by atoms with van der Waals surface area (Å²) >= 11 is 0. The number of hydrogen-bond donors (Lipinski definition) is 1. The minimum Gasteiger partial charge on any atom is -0.459 e. The van der Waals surface area contributed by atoms with Crippen LogP contribution in [0.3, 0.4) is 0 Å². The Morgan fingerprint density at radius 3 is 2.37 bits per heavy atom. The molecule has 0 aliphatic carbocycles. The molecule has 1 rings (SSSR count). The van der Waals surface area contributed by atoms with Crippen LogP contribution in [0.1, 0.15) is 24.2 Å². The molecule has 0 aromatic heterocycles. The Morgan fingerprint density at radius 1 is 1.26 bits per heavy atom. The van der Waals surface area contributed by atoms with E-state index in [0.717, 1.165) is 4.31 Å². The van der Waals surface area contributed by atoms with Crippen molar-refractivity contribution in [2.75, 3.05) is 18.8 Å². The molecule has 0 radical (unpaired) electrons. The van der Waals surface area contributed by atoms with Gasteiger partial charge in [0, 0.05) is 14.1 Å². The van der Waals surface area contributed by atoms with Gasteiger partial charge in [-0.15, -0.1) is 0 Å². The van der Waals surface area contributed by atoms with Gasteiger partial charge in [0.15, 0.2) is 0 Å². The highest BCUT2D eigenvalue weighted by Gasteiger charge is 2.19. The first-order chi connectivity index (χ1) is 8.74. The van der Waals surface area contributed by atoms with Crippen molar-refractivity contribution in [2.45, 2.75) is 20.0 Å². The molecular weight excluding hydrogens is 268 g/mol. The predicted octanol–water partition coefficient (Wildman–Crippen LogP) is 1.47. The van der Waals surface area contributed by atoms with Gasteiger partial charge in [0.25, 0.3) is 0 Å². The molecule has 0 saturated heterocycles. The van der Waals surface area contributed by atoms with E-state index in [-0.39, 0.29) is 17.4 Å². The van der Waals surface area contributed by atoms with Crippen LogP contribution >= 0.6 is 0 Å². The second-order valence-electron chi connectivity index (χ2n) is 4.39. The Labute approximate surface area is 113 Å². The Hall–Kier alpha value is -1.60. The number of anilines is 1. The van der Waals surface area contributed by atoms with Gasteiger partial charge in [-0.25, -0.2) is 4.79 Å². The molecule has 0 spiro atoms. The lowest BCUT2D eigenvalue weighted by molar-refractivity contribution is 0.0379. The summed E-state index contributed by atoms with van der Waals surface area (Å²) in [7, 11) is -0.860. The molecule has 1 N–H and O–H groups in total. The van der Waals surface area contributed by atoms with Crippen molar-refractivity contribution in [1.82, 2.24) is 4.31 Å². The van der Waals surface area contributed by atoms with Gasteiger partial charge in [0.2, 0.25) is 0 Å². The molecule has 0 bridgehead atoms. The van der Waals surface area contributed by atoms with E-state index in [1.54, 1.807) is 26.0 Å². The molecule has 6 nitrogen and oxygen atoms in total. The van der Waals surface area contributed by atoms with E-state index in [1.807, 2.05) is 0 Å². The maximum atomic E-state index is 11.9. The highest BCUT2D eigenvalue weighted by molar-refractivity contribution is 7.90. The number of rotatable bonds is 5. The summed E-state index contributed by atoms with van der Waals surface area (Å²) in [6, 6.07) is 6.31. The normalized spacial score (nSPS) is 11.7. The van der Waals surface area contributed by atoms with Gasteiger partial charge in [0.05, 0.1) is 17.4 Å². The third-order valence-electron chi connectivity index (χ3n) is 2.21. The Balaban J connectivity index is 3.07. The molecule has 0 fully saturated rings. The largest absolute Gasteiger partial charge is 0.459 e. The van der Waals surface area contributed by atoms with E-state index in [9.17, 15) is 13.2 Å². The zero-order chi connectivity index (χ0) is 14.6. The van der Waals surface area contributed by atoms with Gasteiger partial charge in [0.1, 0.15) is 0 Å². The number of para-hydroxylation sites is 1. The smallest absolute Gasteiger partial charge is 0.340 e. The number of benzene rings is 1. The molecule has 0 aliphatic rings. The number of carbonyl (C=O) groups is 1. The van der Waals surface area contributed by atoms with Crippen molar-refractivity contribution in [3.8, 4) is 0 Å². The van der Waals surface area contributed by atoms with E-state index in [0.29, 0.717) is 0 Å². The second-order valence-corrected chi connectivity index (χ2v) is 6.27. The van der Waals surface area contributed by atoms with Crippen LogP contribution in [0.15, 0.2) is 24.3 Å². The van der Waals surface area contributed by atoms with Gasteiger partial charge in [-0.3, -0.25) is 4.72 Å². The molecule has 0 saturated carbocycles. The maximum absolute atomic E-state index is 11.9. The number of hydrogen-bond acceptors (Lipinski definition) is 4. The van der Waals surface area contributed by atoms with Crippen LogP contribution in [0, 0.1) is 0 Å². The Bertz CT molecular complexity index is 553. The van der Waals surface area contributed by atoms with E-state index < -0.39 is 16.2 Å². The van der Waals surface area contributed by atoms with Gasteiger partial charge < -0.3 is 4.74 Å². The summed E-state index contributed by atoms with van der Waals surface area (Å²) in [5.74, 6) is -0.563. The third-order valence-corrected chi connectivity index (χ3v) is 3.65. The number of carbonyl (C=O) groups excluding carboxylic acids is 1. The van der Waals surface area contributed by atoms with Crippen molar-refractivity contribution in [1.29, 1.82) is 0 Å². The molecule has 0 unspecified atom stereocenters. The maximum Gasteiger partial charge on any atom is 0.340 e. The summed E-state index contributed by atoms with van der Waals surface area (Å²) in [6.07, 6.45) is -0.272. The van der Waals surface area contributed by atoms with Crippen molar-refractivity contribution < 1.29 is 17.9 Å². The van der Waals surface area contributed by atoms with Crippen LogP contribution < -0.4 is 4.72 Å². The lowest BCUT2D eigenvalue weighted by Crippen LogP contribution is -2.29. The van der Waals surface area contributed by atoms with Crippen molar-refractivity contribution in [2.24, 2.45) is 0 Å². The number of ether oxygens (including phenoxy) is 1. The van der Waals surface area contributed by atoms with Gasteiger partial charge in [-0.2, -0.15) is 12.7 Å². The zero-order valence-electron chi connectivity index (χ0n) is 11.4. The van der Waals surface area contributed by atoms with Gasteiger partial charge in [-0.1, -0.05) is 12.1 Å². The first kappa shape index (κ1) is 15.5. The summed E-state index contributed by atoms with van der Waals surface area (Å²) in [4.78, 5) is 11.9. The zero-order valence-corrected chi connectivity index (χ0v) is 12.2. The van der Waals surface area contributed by atoms with Crippen molar-refractivity contribution in [3.63, 3.8) is 0 Å². The van der Waals surface area contributed by atoms with Gasteiger partial charge >= 0.3 is 16.2 Å². The fourth-order valence-corrected chi connectivity index (χ4v) is 1.90. The molecule has 19 heavy (non-hydrogen) atoms. The van der Waals surface area contributed by atoms with E-state index in [4.69, 9.17) is 4.74 Å². The molecule has 0 aliphatic heterocycles. The minimum atomic E-state index is -3.66. The molecule has 0 heterocycles. The number of esters is 1. The van der Waals surface area contributed by atoms with E-state index >= 15 is 0 Å². The number of nitrogens with zero attached hydrogens (tertiary/aromatic N) is 1. The fourth-order valence-electron chi connectivity index (χ4n) is 1.26. The highest BCUT2D eigenvalue weighted by Crippen LogP contribution is 2.18. The number of nitrogens with one attached hydrogen (secondary N) is 1. The van der Waals surface area contributed by atoms with Crippen LogP contribution in [-0.4, -0.2) is 38.9 Å². The van der Waals surface area contributed by atoms with E-state index in [1.165, 1.54) is 26.2 Å². The van der Waals surface area contributed by atoms with Crippen LogP contribution in [0.2, 0.25) is 0 Å². The Morgan fingerprint density at radius 2 is 1.84 bits per heavy atom. The van der Waals surface area contributed by atoms with E-state index in [2.05, 4.69) is 4.72 Å². The SMILES string of the molecule is CC(C)OC(=O)c1ccccc1NS(=O)(=O)N(C)C. The minimum absolute atomic E-state index is 0.182. The second kappa shape index (κ2) is 6.03. The van der Waals surface area contributed by atoms with Crippen LogP contribution in [0.5, 0.6) is 0 Å². The lowest BCUT2D eigenvalue weighted by Gasteiger charge is -2.16. The first-order valence-corrected chi connectivity index (χ1v) is 7.18. The van der Waals surface area contributed by atoms with Crippen molar-refractivity contribution in [3.05, 3.63) is 29.8 Å². The fraction of sp³-hybridized carbons (Fsp3) is 0.417. The summed E-state index contributed by atoms with van der Waals surface area (Å²) < 4.78 is 31.9. The van der Waals surface area contributed by atoms with Crippen LogP contribution in [0.4, 0.5) is 5.69 Å². The quantitative estimate of drug-likeness (QED) is 0.832. The van der Waals surface area contributed by atoms with Crippen LogP contribution in [-0.2, 0) is 14.9 Å². The monoisotopic (exact) mass is 286 g/mol. The topological polar surface area (TPSA) is 75.7 Å². The molecular formula is C12H18N2O4S. The highest BCUT2D eigenvalue weighted by atomic mass is 32.2. The summed E-state index contributed by atoms with van der Waals surface area (Å²) in [6.45, 7) is 3.45. The van der Waals surface area contributed by atoms with Crippen LogP contribution in [0.25, 0.3) is 0 Å². The molecule has 1 aromatic carbocycles. The molecule has 1 aromatic rings. The van der Waals surface area contributed by atoms with Gasteiger partial charge in [-0.05, 0) is 26.0 Å². The standard InChI is InChI=1S/C12H18N2O4S/c1-9(2)18-12(15)10-7-5-6-8-11(10)13-19(16,17)14(3)4/h5-9,13H,1-4H3. The molecule has 0 amide bonds. The predicted molar refractivity (Wildman–Crippen MR) is 73.2 cm³/mol. The molecule has 106 valence electrons. The average Bonchev–Trinajstić information content (AvgIpc) is 2.27. The molecule has 7 heteroatoms. The average molecular weight is 286 g/mol. The summed E-state index contributed by atoms with van der Waals surface area (Å²) in [5, 5.41) is 0.